The fraction of sp³-hybridized carbons (Fsp3) is 0.250. The van der Waals surface area contributed by atoms with Gasteiger partial charge in [0.2, 0.25) is 0 Å². The number of halogens is 1. The minimum atomic E-state index is 0.762. The molecule has 0 bridgehead atoms. The average molecular weight is 312 g/mol. The van der Waals surface area contributed by atoms with Crippen LogP contribution in [-0.2, 0) is 6.42 Å². The zero-order valence-corrected chi connectivity index (χ0v) is 11.9. The van der Waals surface area contributed by atoms with E-state index >= 15 is 0 Å². The van der Waals surface area contributed by atoms with E-state index < -0.39 is 0 Å². The maximum Gasteiger partial charge on any atom is 0.0897 e. The molecule has 3 nitrogen and oxygen atoms in total. The van der Waals surface area contributed by atoms with Gasteiger partial charge in [-0.1, -0.05) is 0 Å². The van der Waals surface area contributed by atoms with Crippen molar-refractivity contribution in [1.82, 2.24) is 4.98 Å². The summed E-state index contributed by atoms with van der Waals surface area (Å²) in [6.45, 7) is 2.89. The Morgan fingerprint density at radius 2 is 2.29 bits per heavy atom. The van der Waals surface area contributed by atoms with Gasteiger partial charge in [0.05, 0.1) is 10.7 Å². The summed E-state index contributed by atoms with van der Waals surface area (Å²) in [5.41, 5.74) is 8.65. The Morgan fingerprint density at radius 3 is 2.94 bits per heavy atom. The van der Waals surface area contributed by atoms with E-state index in [1.54, 1.807) is 11.3 Å². The molecule has 0 saturated heterocycles. The number of anilines is 2. The highest BCUT2D eigenvalue weighted by atomic mass is 79.9. The van der Waals surface area contributed by atoms with Crippen molar-refractivity contribution in [3.8, 4) is 0 Å². The van der Waals surface area contributed by atoms with Crippen molar-refractivity contribution in [3.63, 3.8) is 0 Å². The van der Waals surface area contributed by atoms with Crippen molar-refractivity contribution in [2.24, 2.45) is 0 Å². The standard InChI is InChI=1S/C12H14BrN3S/c1-8-16-10(7-17-8)4-5-15-12-3-2-9(14)6-11(12)13/h2-3,6-7,15H,4-5,14H2,1H3. The Labute approximate surface area is 113 Å². The molecule has 0 atom stereocenters. The molecule has 2 aromatic rings. The number of rotatable bonds is 4. The van der Waals surface area contributed by atoms with Crippen LogP contribution in [-0.4, -0.2) is 11.5 Å². The molecule has 0 unspecified atom stereocenters. The molecule has 5 heteroatoms. The van der Waals surface area contributed by atoms with Crippen molar-refractivity contribution < 1.29 is 0 Å². The Morgan fingerprint density at radius 1 is 1.47 bits per heavy atom. The van der Waals surface area contributed by atoms with Crippen molar-refractivity contribution in [2.45, 2.75) is 13.3 Å². The number of nitrogen functional groups attached to an aromatic ring is 1. The summed E-state index contributed by atoms with van der Waals surface area (Å²) in [6.07, 6.45) is 0.932. The number of hydrogen-bond acceptors (Lipinski definition) is 4. The summed E-state index contributed by atoms with van der Waals surface area (Å²) in [7, 11) is 0. The van der Waals surface area contributed by atoms with Crippen LogP contribution >= 0.6 is 27.3 Å². The maximum absolute atomic E-state index is 5.68. The van der Waals surface area contributed by atoms with Gasteiger partial charge in [-0.25, -0.2) is 4.98 Å². The van der Waals surface area contributed by atoms with Gasteiger partial charge in [0.25, 0.3) is 0 Å². The molecule has 90 valence electrons. The highest BCUT2D eigenvalue weighted by molar-refractivity contribution is 9.10. The van der Waals surface area contributed by atoms with Gasteiger partial charge in [-0.2, -0.15) is 0 Å². The second-order valence-corrected chi connectivity index (χ2v) is 5.69. The van der Waals surface area contributed by atoms with Crippen LogP contribution in [0.4, 0.5) is 11.4 Å². The van der Waals surface area contributed by atoms with Gasteiger partial charge in [0, 0.05) is 34.2 Å². The monoisotopic (exact) mass is 311 g/mol. The number of hydrogen-bond donors (Lipinski definition) is 2. The quantitative estimate of drug-likeness (QED) is 0.850. The first-order valence-electron chi connectivity index (χ1n) is 5.35. The third kappa shape index (κ3) is 3.44. The zero-order valence-electron chi connectivity index (χ0n) is 9.53. The number of nitrogens with two attached hydrogens (primary N) is 1. The lowest BCUT2D eigenvalue weighted by Crippen LogP contribution is -2.05. The molecular formula is C12H14BrN3S. The first-order valence-corrected chi connectivity index (χ1v) is 7.02. The molecule has 0 aliphatic carbocycles. The molecule has 0 aliphatic rings. The number of benzene rings is 1. The number of aryl methyl sites for hydroxylation is 1. The number of nitrogens with one attached hydrogen (secondary N) is 1. The predicted octanol–water partition coefficient (Wildman–Crippen LogP) is 3.45. The molecule has 1 aromatic carbocycles. The fourth-order valence-corrected chi connectivity index (χ4v) is 2.71. The van der Waals surface area contributed by atoms with Crippen LogP contribution in [0.2, 0.25) is 0 Å². The Balaban J connectivity index is 1.90. The van der Waals surface area contributed by atoms with Gasteiger partial charge < -0.3 is 11.1 Å². The predicted molar refractivity (Wildman–Crippen MR) is 77.6 cm³/mol. The summed E-state index contributed by atoms with van der Waals surface area (Å²) in [5.74, 6) is 0. The maximum atomic E-state index is 5.68. The molecule has 0 aliphatic heterocycles. The lowest BCUT2D eigenvalue weighted by atomic mass is 10.2. The van der Waals surface area contributed by atoms with E-state index in [1.807, 2.05) is 25.1 Å². The summed E-state index contributed by atoms with van der Waals surface area (Å²) < 4.78 is 0.993. The Bertz CT molecular complexity index is 510. The second-order valence-electron chi connectivity index (χ2n) is 3.77. The normalized spacial score (nSPS) is 10.5. The summed E-state index contributed by atoms with van der Waals surface area (Å²) in [5, 5.41) is 6.59. The number of aromatic nitrogens is 1. The van der Waals surface area contributed by atoms with Crippen LogP contribution in [0.5, 0.6) is 0 Å². The molecule has 2 rings (SSSR count). The van der Waals surface area contributed by atoms with Crippen LogP contribution < -0.4 is 11.1 Å². The third-order valence-electron chi connectivity index (χ3n) is 2.36. The summed E-state index contributed by atoms with van der Waals surface area (Å²) in [4.78, 5) is 4.43. The van der Waals surface area contributed by atoms with E-state index in [2.05, 4.69) is 31.6 Å². The Hall–Kier alpha value is -1.07. The molecule has 17 heavy (non-hydrogen) atoms. The van der Waals surface area contributed by atoms with Gasteiger partial charge in [0.1, 0.15) is 0 Å². The van der Waals surface area contributed by atoms with E-state index in [1.165, 1.54) is 0 Å². The topological polar surface area (TPSA) is 50.9 Å². The largest absolute Gasteiger partial charge is 0.399 e. The highest BCUT2D eigenvalue weighted by Gasteiger charge is 2.01. The van der Waals surface area contributed by atoms with Crippen molar-refractivity contribution >= 4 is 38.6 Å². The van der Waals surface area contributed by atoms with Gasteiger partial charge >= 0.3 is 0 Å². The molecule has 0 spiro atoms. The second kappa shape index (κ2) is 5.51. The molecular weight excluding hydrogens is 298 g/mol. The van der Waals surface area contributed by atoms with Crippen LogP contribution in [0, 0.1) is 6.92 Å². The van der Waals surface area contributed by atoms with Gasteiger partial charge in [-0.05, 0) is 41.1 Å². The van der Waals surface area contributed by atoms with Crippen LogP contribution in [0.25, 0.3) is 0 Å². The van der Waals surface area contributed by atoms with E-state index in [4.69, 9.17) is 5.73 Å². The van der Waals surface area contributed by atoms with Crippen molar-refractivity contribution in [1.29, 1.82) is 0 Å². The molecule has 1 aromatic heterocycles. The lowest BCUT2D eigenvalue weighted by molar-refractivity contribution is 0.968. The number of thiazole rings is 1. The van der Waals surface area contributed by atoms with E-state index in [0.717, 1.165) is 39.5 Å². The first-order chi connectivity index (χ1) is 8.15. The van der Waals surface area contributed by atoms with Crippen LogP contribution in [0.15, 0.2) is 28.1 Å². The van der Waals surface area contributed by atoms with Crippen molar-refractivity contribution in [2.75, 3.05) is 17.6 Å². The van der Waals surface area contributed by atoms with E-state index in [9.17, 15) is 0 Å². The van der Waals surface area contributed by atoms with Gasteiger partial charge in [0.15, 0.2) is 0 Å². The summed E-state index contributed by atoms with van der Waals surface area (Å²) in [6, 6.07) is 5.76. The smallest absolute Gasteiger partial charge is 0.0897 e. The number of nitrogens with zero attached hydrogens (tertiary/aromatic N) is 1. The molecule has 1 heterocycles. The van der Waals surface area contributed by atoms with Crippen LogP contribution in [0.3, 0.4) is 0 Å². The molecule has 0 amide bonds. The minimum Gasteiger partial charge on any atom is -0.399 e. The molecule has 0 saturated carbocycles. The molecule has 0 radical (unpaired) electrons. The fourth-order valence-electron chi connectivity index (χ4n) is 1.52. The summed E-state index contributed by atoms with van der Waals surface area (Å²) >= 11 is 5.17. The third-order valence-corrected chi connectivity index (χ3v) is 3.83. The molecule has 0 fully saturated rings. The first kappa shape index (κ1) is 12.4. The van der Waals surface area contributed by atoms with E-state index in [0.29, 0.717) is 0 Å². The SMILES string of the molecule is Cc1nc(CCNc2ccc(N)cc2Br)cs1. The zero-order chi connectivity index (χ0) is 12.3. The molecule has 3 N–H and O–H groups in total. The lowest BCUT2D eigenvalue weighted by Gasteiger charge is -2.08. The van der Waals surface area contributed by atoms with E-state index in [-0.39, 0.29) is 0 Å². The Kier molecular flexibility index (Phi) is 4.02. The van der Waals surface area contributed by atoms with Crippen molar-refractivity contribution in [3.05, 3.63) is 38.8 Å². The van der Waals surface area contributed by atoms with Gasteiger partial charge in [-0.15, -0.1) is 11.3 Å². The van der Waals surface area contributed by atoms with Gasteiger partial charge in [-0.3, -0.25) is 0 Å². The minimum absolute atomic E-state index is 0.762. The highest BCUT2D eigenvalue weighted by Crippen LogP contribution is 2.24. The average Bonchev–Trinajstić information content (AvgIpc) is 2.68. The van der Waals surface area contributed by atoms with Crippen LogP contribution in [0.1, 0.15) is 10.7 Å².